The molecule has 1 aliphatic rings. The first kappa shape index (κ1) is 15.3. The Hall–Kier alpha value is -0.710. The van der Waals surface area contributed by atoms with Crippen molar-refractivity contribution in [3.8, 4) is 0 Å². The summed E-state index contributed by atoms with van der Waals surface area (Å²) in [5, 5.41) is 12.2. The molecule has 0 spiro atoms. The molecule has 5 heteroatoms. The molecule has 0 saturated carbocycles. The Morgan fingerprint density at radius 2 is 2.06 bits per heavy atom. The maximum Gasteiger partial charge on any atom is 0.310 e. The van der Waals surface area contributed by atoms with Gasteiger partial charge in [0.25, 0.3) is 0 Å². The van der Waals surface area contributed by atoms with E-state index in [1.54, 1.807) is 0 Å². The number of hydrogen-bond acceptors (Lipinski definition) is 3. The molecule has 0 radical (unpaired) electrons. The third-order valence-electron chi connectivity index (χ3n) is 3.92. The van der Waals surface area contributed by atoms with Crippen LogP contribution in [-0.4, -0.2) is 35.0 Å². The number of hydrogen-bond donors (Lipinski definition) is 2. The molecule has 104 valence electrons. The first-order chi connectivity index (χ1) is 8.54. The molecule has 1 amide bonds. The first-order valence-electron chi connectivity index (χ1n) is 6.62. The van der Waals surface area contributed by atoms with Crippen LogP contribution in [0, 0.1) is 11.3 Å². The van der Waals surface area contributed by atoms with Gasteiger partial charge in [-0.05, 0) is 36.7 Å². The van der Waals surface area contributed by atoms with Gasteiger partial charge in [-0.2, -0.15) is 11.8 Å². The Morgan fingerprint density at radius 3 is 2.50 bits per heavy atom. The lowest BCUT2D eigenvalue weighted by atomic mass is 9.79. The standard InChI is InChI=1S/C13H23NO3S/c1-3-13(4-2,12(16)17)7-11(15)14-8-10-5-6-18-9-10/h10H,3-9H2,1-2H3,(H,14,15)(H,16,17). The SMILES string of the molecule is CCC(CC)(CC(=O)NCC1CCSC1)C(=O)O. The lowest BCUT2D eigenvalue weighted by molar-refractivity contribution is -0.152. The van der Waals surface area contributed by atoms with Gasteiger partial charge in [-0.15, -0.1) is 0 Å². The lowest BCUT2D eigenvalue weighted by Gasteiger charge is -2.26. The second-order valence-electron chi connectivity index (χ2n) is 5.00. The van der Waals surface area contributed by atoms with Crippen molar-refractivity contribution in [2.24, 2.45) is 11.3 Å². The third-order valence-corrected chi connectivity index (χ3v) is 5.15. The number of carboxylic acid groups (broad SMARTS) is 1. The topological polar surface area (TPSA) is 66.4 Å². The van der Waals surface area contributed by atoms with E-state index in [9.17, 15) is 14.7 Å². The fourth-order valence-corrected chi connectivity index (χ4v) is 3.53. The van der Waals surface area contributed by atoms with Crippen molar-refractivity contribution in [2.45, 2.75) is 39.5 Å². The third kappa shape index (κ3) is 3.90. The fraction of sp³-hybridized carbons (Fsp3) is 0.846. The quantitative estimate of drug-likeness (QED) is 0.746. The zero-order valence-corrected chi connectivity index (χ0v) is 12.0. The average Bonchev–Trinajstić information content (AvgIpc) is 2.86. The second kappa shape index (κ2) is 7.02. The molecule has 1 atom stereocenters. The minimum Gasteiger partial charge on any atom is -0.481 e. The molecule has 0 aliphatic carbocycles. The molecule has 1 fully saturated rings. The summed E-state index contributed by atoms with van der Waals surface area (Å²) in [6, 6.07) is 0. The van der Waals surface area contributed by atoms with E-state index in [0.717, 1.165) is 12.2 Å². The van der Waals surface area contributed by atoms with E-state index in [-0.39, 0.29) is 12.3 Å². The summed E-state index contributed by atoms with van der Waals surface area (Å²) in [7, 11) is 0. The molecular weight excluding hydrogens is 250 g/mol. The fourth-order valence-electron chi connectivity index (χ4n) is 2.25. The van der Waals surface area contributed by atoms with Crippen LogP contribution >= 0.6 is 11.8 Å². The van der Waals surface area contributed by atoms with Crippen molar-refractivity contribution in [1.82, 2.24) is 5.32 Å². The first-order valence-corrected chi connectivity index (χ1v) is 7.77. The number of carboxylic acids is 1. The van der Waals surface area contributed by atoms with Crippen LogP contribution in [0.5, 0.6) is 0 Å². The van der Waals surface area contributed by atoms with Crippen molar-refractivity contribution in [2.75, 3.05) is 18.1 Å². The van der Waals surface area contributed by atoms with Crippen molar-refractivity contribution in [1.29, 1.82) is 0 Å². The normalized spacial score (nSPS) is 19.8. The van der Waals surface area contributed by atoms with Gasteiger partial charge in [0, 0.05) is 13.0 Å². The molecule has 0 aromatic heterocycles. The molecule has 1 rings (SSSR count). The Kier molecular flexibility index (Phi) is 5.99. The predicted octanol–water partition coefficient (Wildman–Crippen LogP) is 2.14. The monoisotopic (exact) mass is 273 g/mol. The Balaban J connectivity index is 2.43. The smallest absolute Gasteiger partial charge is 0.310 e. The Bertz CT molecular complexity index is 297. The van der Waals surface area contributed by atoms with Gasteiger partial charge in [0.2, 0.25) is 5.91 Å². The van der Waals surface area contributed by atoms with Gasteiger partial charge in [0.05, 0.1) is 5.41 Å². The molecule has 1 aliphatic heterocycles. The van der Waals surface area contributed by atoms with E-state index in [4.69, 9.17) is 0 Å². The van der Waals surface area contributed by atoms with Gasteiger partial charge >= 0.3 is 5.97 Å². The minimum absolute atomic E-state index is 0.0925. The number of carbonyl (C=O) groups is 2. The van der Waals surface area contributed by atoms with E-state index < -0.39 is 11.4 Å². The Labute approximate surface area is 113 Å². The predicted molar refractivity (Wildman–Crippen MR) is 73.7 cm³/mol. The van der Waals surface area contributed by atoms with Crippen LogP contribution in [0.4, 0.5) is 0 Å². The molecule has 1 saturated heterocycles. The van der Waals surface area contributed by atoms with Gasteiger partial charge in [0.15, 0.2) is 0 Å². The molecular formula is C13H23NO3S. The summed E-state index contributed by atoms with van der Waals surface area (Å²) < 4.78 is 0. The maximum atomic E-state index is 11.9. The van der Waals surface area contributed by atoms with Crippen molar-refractivity contribution < 1.29 is 14.7 Å². The molecule has 1 heterocycles. The van der Waals surface area contributed by atoms with Gasteiger partial charge in [-0.3, -0.25) is 9.59 Å². The number of aliphatic carboxylic acids is 1. The van der Waals surface area contributed by atoms with Crippen LogP contribution in [-0.2, 0) is 9.59 Å². The van der Waals surface area contributed by atoms with Crippen LogP contribution in [0.25, 0.3) is 0 Å². The summed E-state index contributed by atoms with van der Waals surface area (Å²) in [4.78, 5) is 23.2. The summed E-state index contributed by atoms with van der Waals surface area (Å²) in [5.41, 5.74) is -0.894. The molecule has 1 unspecified atom stereocenters. The summed E-state index contributed by atoms with van der Waals surface area (Å²) in [6.07, 6.45) is 2.23. The average molecular weight is 273 g/mol. The van der Waals surface area contributed by atoms with Crippen LogP contribution < -0.4 is 5.32 Å². The van der Waals surface area contributed by atoms with Crippen molar-refractivity contribution in [3.05, 3.63) is 0 Å². The number of nitrogens with one attached hydrogen (secondary N) is 1. The molecule has 4 nitrogen and oxygen atoms in total. The van der Waals surface area contributed by atoms with E-state index in [2.05, 4.69) is 5.32 Å². The van der Waals surface area contributed by atoms with Crippen LogP contribution in [0.3, 0.4) is 0 Å². The summed E-state index contributed by atoms with van der Waals surface area (Å²) in [6.45, 7) is 4.35. The highest BCUT2D eigenvalue weighted by atomic mass is 32.2. The number of amides is 1. The highest BCUT2D eigenvalue weighted by Gasteiger charge is 2.37. The van der Waals surface area contributed by atoms with Crippen LogP contribution in [0.15, 0.2) is 0 Å². The molecule has 0 bridgehead atoms. The van der Waals surface area contributed by atoms with Crippen molar-refractivity contribution in [3.63, 3.8) is 0 Å². The maximum absolute atomic E-state index is 11.9. The zero-order chi connectivity index (χ0) is 13.6. The summed E-state index contributed by atoms with van der Waals surface area (Å²) in [5.74, 6) is 1.84. The molecule has 2 N–H and O–H groups in total. The highest BCUT2D eigenvalue weighted by Crippen LogP contribution is 2.31. The number of thioether (sulfide) groups is 1. The van der Waals surface area contributed by atoms with Gasteiger partial charge in [-0.1, -0.05) is 13.8 Å². The van der Waals surface area contributed by atoms with E-state index >= 15 is 0 Å². The minimum atomic E-state index is -0.894. The molecule has 0 aromatic carbocycles. The Morgan fingerprint density at radius 1 is 1.39 bits per heavy atom. The van der Waals surface area contributed by atoms with Gasteiger partial charge in [0.1, 0.15) is 0 Å². The summed E-state index contributed by atoms with van der Waals surface area (Å²) >= 11 is 1.92. The largest absolute Gasteiger partial charge is 0.481 e. The van der Waals surface area contributed by atoms with Gasteiger partial charge in [-0.25, -0.2) is 0 Å². The second-order valence-corrected chi connectivity index (χ2v) is 6.15. The number of rotatable bonds is 7. The van der Waals surface area contributed by atoms with E-state index in [1.165, 1.54) is 5.75 Å². The highest BCUT2D eigenvalue weighted by molar-refractivity contribution is 7.99. The van der Waals surface area contributed by atoms with Crippen molar-refractivity contribution >= 4 is 23.6 Å². The van der Waals surface area contributed by atoms with Crippen LogP contribution in [0.1, 0.15) is 39.5 Å². The molecule has 18 heavy (non-hydrogen) atoms. The number of carbonyl (C=O) groups excluding carboxylic acids is 1. The lowest BCUT2D eigenvalue weighted by Crippen LogP contribution is -2.38. The zero-order valence-electron chi connectivity index (χ0n) is 11.2. The van der Waals surface area contributed by atoms with E-state index in [0.29, 0.717) is 25.3 Å². The van der Waals surface area contributed by atoms with Crippen LogP contribution in [0.2, 0.25) is 0 Å². The van der Waals surface area contributed by atoms with E-state index in [1.807, 2.05) is 25.6 Å². The molecule has 0 aromatic rings. The van der Waals surface area contributed by atoms with Gasteiger partial charge < -0.3 is 10.4 Å².